The number of hydrogen-bond donors (Lipinski definition) is 1. The van der Waals surface area contributed by atoms with Gasteiger partial charge in [-0.05, 0) is 61.6 Å². The summed E-state index contributed by atoms with van der Waals surface area (Å²) in [4.78, 5) is 11.3. The van der Waals surface area contributed by atoms with Gasteiger partial charge in [-0.3, -0.25) is 4.79 Å². The van der Waals surface area contributed by atoms with Crippen LogP contribution in [0.3, 0.4) is 0 Å². The molecule has 1 aliphatic carbocycles. The minimum atomic E-state index is -4.14. The summed E-state index contributed by atoms with van der Waals surface area (Å²) in [6.07, 6.45) is 0.908. The lowest BCUT2D eigenvalue weighted by Gasteiger charge is -2.49. The second-order valence-corrected chi connectivity index (χ2v) is 10.8. The van der Waals surface area contributed by atoms with Crippen LogP contribution in [0.4, 0.5) is 8.78 Å². The maximum Gasteiger partial charge on any atom is 0.216 e. The number of hydrogen-bond acceptors (Lipinski definition) is 4. The molecule has 1 N–H and O–H groups in total. The van der Waals surface area contributed by atoms with E-state index in [2.05, 4.69) is 5.32 Å². The Bertz CT molecular complexity index is 1120. The molecule has 9 heteroatoms. The number of rotatable bonds is 4. The first-order chi connectivity index (χ1) is 14.7. The number of ether oxygens (including phenoxy) is 1. The topological polar surface area (TPSA) is 72.5 Å². The number of amides is 1. The number of carbonyl (C=O) groups excluding carboxylic acids is 1. The Morgan fingerprint density at radius 1 is 1.19 bits per heavy atom. The Hall–Kier alpha value is -2.19. The van der Waals surface area contributed by atoms with E-state index in [0.717, 1.165) is 12.1 Å². The van der Waals surface area contributed by atoms with E-state index in [1.54, 1.807) is 0 Å². The molecule has 4 rings (SSSR count). The average molecular weight is 470 g/mol. The molecule has 1 saturated carbocycles. The second kappa shape index (κ2) is 8.06. The van der Waals surface area contributed by atoms with Gasteiger partial charge < -0.3 is 10.1 Å². The molecule has 1 unspecified atom stereocenters. The fraction of sp³-hybridized carbons (Fsp3) is 0.409. The van der Waals surface area contributed by atoms with Gasteiger partial charge in [-0.25, -0.2) is 17.2 Å². The molecule has 1 fully saturated rings. The van der Waals surface area contributed by atoms with Gasteiger partial charge in [-0.15, -0.1) is 0 Å². The van der Waals surface area contributed by atoms with Crippen molar-refractivity contribution in [1.82, 2.24) is 5.32 Å². The van der Waals surface area contributed by atoms with Crippen molar-refractivity contribution >= 4 is 27.3 Å². The van der Waals surface area contributed by atoms with Crippen LogP contribution in [0.25, 0.3) is 0 Å². The number of halogens is 3. The van der Waals surface area contributed by atoms with Gasteiger partial charge in [0.15, 0.2) is 21.4 Å². The first kappa shape index (κ1) is 22.0. The van der Waals surface area contributed by atoms with Crippen molar-refractivity contribution in [3.63, 3.8) is 0 Å². The van der Waals surface area contributed by atoms with E-state index in [1.807, 2.05) is 0 Å². The smallest absolute Gasteiger partial charge is 0.216 e. The fourth-order valence-electron chi connectivity index (χ4n) is 4.90. The minimum absolute atomic E-state index is 0.00118. The first-order valence-corrected chi connectivity index (χ1v) is 11.9. The lowest BCUT2D eigenvalue weighted by atomic mass is 9.69. The van der Waals surface area contributed by atoms with Crippen LogP contribution in [0.2, 0.25) is 5.02 Å². The molecule has 1 heterocycles. The summed E-state index contributed by atoms with van der Waals surface area (Å²) in [5.74, 6) is -2.72. The van der Waals surface area contributed by atoms with Crippen molar-refractivity contribution in [2.75, 3.05) is 13.2 Å². The van der Waals surface area contributed by atoms with E-state index in [0.29, 0.717) is 24.4 Å². The van der Waals surface area contributed by atoms with Crippen molar-refractivity contribution in [2.24, 2.45) is 11.8 Å². The van der Waals surface area contributed by atoms with Crippen molar-refractivity contribution in [1.29, 1.82) is 0 Å². The number of fused-ring (bicyclic) bond motifs is 3. The summed E-state index contributed by atoms with van der Waals surface area (Å²) in [5, 5.41) is 3.13. The summed E-state index contributed by atoms with van der Waals surface area (Å²) in [6.45, 7) is 1.74. The zero-order valence-electron chi connectivity index (χ0n) is 16.8. The molecule has 0 radical (unpaired) electrons. The van der Waals surface area contributed by atoms with Crippen LogP contribution < -0.4 is 10.1 Å². The van der Waals surface area contributed by atoms with E-state index < -0.39 is 32.1 Å². The largest absolute Gasteiger partial charge is 0.490 e. The Kier molecular flexibility index (Phi) is 5.72. The highest BCUT2D eigenvalue weighted by Crippen LogP contribution is 2.57. The van der Waals surface area contributed by atoms with E-state index in [1.165, 1.54) is 31.2 Å². The average Bonchev–Trinajstić information content (AvgIpc) is 2.74. The van der Waals surface area contributed by atoms with Gasteiger partial charge in [-0.2, -0.15) is 0 Å². The quantitative estimate of drug-likeness (QED) is 0.727. The molecule has 0 bridgehead atoms. The minimum Gasteiger partial charge on any atom is -0.490 e. The Labute approximate surface area is 184 Å². The molecular formula is C22H22ClF2NO4S. The van der Waals surface area contributed by atoms with Gasteiger partial charge in [0.1, 0.15) is 10.6 Å². The Morgan fingerprint density at radius 2 is 1.87 bits per heavy atom. The predicted octanol–water partition coefficient (Wildman–Crippen LogP) is 4.23. The first-order valence-electron chi connectivity index (χ1n) is 10.0. The zero-order chi connectivity index (χ0) is 22.4. The summed E-state index contributed by atoms with van der Waals surface area (Å²) in [5.41, 5.74) is -0.239. The number of carbonyl (C=O) groups is 1. The molecule has 0 spiro atoms. The van der Waals surface area contributed by atoms with Gasteiger partial charge in [0.05, 0.1) is 17.1 Å². The number of benzene rings is 2. The van der Waals surface area contributed by atoms with Gasteiger partial charge in [0.2, 0.25) is 5.91 Å². The van der Waals surface area contributed by atoms with Crippen LogP contribution in [0.15, 0.2) is 41.3 Å². The monoisotopic (exact) mass is 469 g/mol. The van der Waals surface area contributed by atoms with Crippen molar-refractivity contribution in [3.05, 3.63) is 58.6 Å². The molecule has 1 amide bonds. The molecule has 0 aromatic heterocycles. The zero-order valence-corrected chi connectivity index (χ0v) is 18.4. The van der Waals surface area contributed by atoms with Gasteiger partial charge in [0, 0.05) is 24.4 Å². The highest BCUT2D eigenvalue weighted by molar-refractivity contribution is 7.92. The van der Waals surface area contributed by atoms with Gasteiger partial charge in [0.25, 0.3) is 0 Å². The van der Waals surface area contributed by atoms with Crippen LogP contribution in [-0.4, -0.2) is 27.5 Å². The molecule has 166 valence electrons. The van der Waals surface area contributed by atoms with Crippen LogP contribution in [-0.2, 0) is 19.4 Å². The van der Waals surface area contributed by atoms with Crippen molar-refractivity contribution in [3.8, 4) is 5.75 Å². The van der Waals surface area contributed by atoms with Crippen LogP contribution in [0, 0.1) is 23.5 Å². The summed E-state index contributed by atoms with van der Waals surface area (Å²) >= 11 is 5.93. The van der Waals surface area contributed by atoms with E-state index >= 15 is 4.39 Å². The molecule has 3 atom stereocenters. The predicted molar refractivity (Wildman–Crippen MR) is 112 cm³/mol. The molecule has 5 nitrogen and oxygen atoms in total. The number of nitrogens with one attached hydrogen (secondary N) is 1. The summed E-state index contributed by atoms with van der Waals surface area (Å²) in [7, 11) is -4.14. The van der Waals surface area contributed by atoms with E-state index in [4.69, 9.17) is 16.3 Å². The molecule has 2 aromatic rings. The third kappa shape index (κ3) is 3.59. The van der Waals surface area contributed by atoms with E-state index in [9.17, 15) is 17.6 Å². The molecule has 0 saturated heterocycles. The van der Waals surface area contributed by atoms with Crippen LogP contribution >= 0.6 is 11.6 Å². The molecule has 2 aromatic carbocycles. The van der Waals surface area contributed by atoms with Crippen LogP contribution in [0.1, 0.15) is 31.7 Å². The van der Waals surface area contributed by atoms with Crippen molar-refractivity contribution in [2.45, 2.75) is 35.8 Å². The highest BCUT2D eigenvalue weighted by atomic mass is 35.5. The normalized spacial score (nSPS) is 25.2. The highest BCUT2D eigenvalue weighted by Gasteiger charge is 2.59. The standard InChI is InChI=1S/C22H22ClF2NO4S/c1-13(27)26-11-14-8-9-22(31(28,29)17-4-2-16(23)3-5-17)15(10-14)12-30-21-19(25)7-6-18(24)20(21)22/h2-7,14-15H,8-12H2,1H3,(H,26,27)/t14-,15?,22+/m1/s1. The molecule has 1 aliphatic heterocycles. The molecule has 2 aliphatic rings. The van der Waals surface area contributed by atoms with Crippen LogP contribution in [0.5, 0.6) is 5.75 Å². The fourth-order valence-corrected chi connectivity index (χ4v) is 7.39. The van der Waals surface area contributed by atoms with E-state index in [-0.39, 0.29) is 41.1 Å². The SMILES string of the molecule is CC(=O)NC[C@@H]1CC[C@@]2(S(=O)(=O)c3ccc(Cl)cc3)c3c(F)ccc(F)c3OCC2C1. The number of sulfone groups is 1. The summed E-state index contributed by atoms with van der Waals surface area (Å²) < 4.78 is 61.6. The van der Waals surface area contributed by atoms with Crippen molar-refractivity contribution < 1.29 is 26.7 Å². The maximum atomic E-state index is 15.1. The second-order valence-electron chi connectivity index (χ2n) is 8.17. The lowest BCUT2D eigenvalue weighted by Crippen LogP contribution is -2.53. The summed E-state index contributed by atoms with van der Waals surface area (Å²) in [6, 6.07) is 7.59. The van der Waals surface area contributed by atoms with Gasteiger partial charge >= 0.3 is 0 Å². The third-order valence-electron chi connectivity index (χ3n) is 6.36. The third-order valence-corrected chi connectivity index (χ3v) is 9.20. The Balaban J connectivity index is 1.87. The lowest BCUT2D eigenvalue weighted by molar-refractivity contribution is -0.119. The molecular weight excluding hydrogens is 448 g/mol. The molecule has 31 heavy (non-hydrogen) atoms. The maximum absolute atomic E-state index is 15.1. The van der Waals surface area contributed by atoms with Gasteiger partial charge in [-0.1, -0.05) is 11.6 Å². The Morgan fingerprint density at radius 3 is 2.55 bits per heavy atom.